The summed E-state index contributed by atoms with van der Waals surface area (Å²) in [6.45, 7) is 5.72. The van der Waals surface area contributed by atoms with E-state index in [1.165, 1.54) is 5.57 Å². The number of amides is 1. The maximum atomic E-state index is 12.5. The summed E-state index contributed by atoms with van der Waals surface area (Å²) >= 11 is 0. The molecule has 3 fully saturated rings. The van der Waals surface area contributed by atoms with Gasteiger partial charge in [-0.1, -0.05) is 54.9 Å². The SMILES string of the molecule is CC(=O)[C@@]1(O)CCC2C3CCC4=C/C(=N\OCC(=O)NC(Cc5ccccc5)C(=O)O)CC[C@]4(C)C3CC[C@@]21C. The van der Waals surface area contributed by atoms with Gasteiger partial charge in [-0.15, -0.1) is 0 Å². The van der Waals surface area contributed by atoms with Gasteiger partial charge in [-0.25, -0.2) is 4.79 Å². The number of carbonyl (C=O) groups excluding carboxylic acids is 2. The highest BCUT2D eigenvalue weighted by molar-refractivity contribution is 5.96. The van der Waals surface area contributed by atoms with E-state index in [0.29, 0.717) is 24.2 Å². The van der Waals surface area contributed by atoms with Crippen molar-refractivity contribution in [3.8, 4) is 0 Å². The molecule has 5 rings (SSSR count). The second-order valence-electron chi connectivity index (χ2n) is 12.9. The molecule has 0 aliphatic heterocycles. The second-order valence-corrected chi connectivity index (χ2v) is 12.9. The summed E-state index contributed by atoms with van der Waals surface area (Å²) in [5.74, 6) is -0.306. The second kappa shape index (κ2) is 10.8. The normalized spacial score (nSPS) is 36.5. The lowest BCUT2D eigenvalue weighted by Crippen LogP contribution is -2.57. The monoisotopic (exact) mass is 550 g/mol. The van der Waals surface area contributed by atoms with Crippen molar-refractivity contribution >= 4 is 23.4 Å². The number of allylic oxidation sites excluding steroid dienone is 2. The molecule has 8 heteroatoms. The lowest BCUT2D eigenvalue weighted by molar-refractivity contribution is -0.159. The van der Waals surface area contributed by atoms with E-state index >= 15 is 0 Å². The molecule has 7 atom stereocenters. The smallest absolute Gasteiger partial charge is 0.326 e. The van der Waals surface area contributed by atoms with Gasteiger partial charge in [0.05, 0.1) is 5.71 Å². The molecule has 40 heavy (non-hydrogen) atoms. The summed E-state index contributed by atoms with van der Waals surface area (Å²) in [5, 5.41) is 27.7. The number of nitrogens with zero attached hydrogens (tertiary/aromatic N) is 1. The first-order valence-corrected chi connectivity index (χ1v) is 14.7. The van der Waals surface area contributed by atoms with Crippen molar-refractivity contribution in [1.29, 1.82) is 0 Å². The highest BCUT2D eigenvalue weighted by Gasteiger charge is 2.65. The van der Waals surface area contributed by atoms with Gasteiger partial charge in [-0.3, -0.25) is 9.59 Å². The molecular weight excluding hydrogens is 508 g/mol. The Bertz CT molecular complexity index is 1230. The van der Waals surface area contributed by atoms with Crippen LogP contribution in [0.2, 0.25) is 0 Å². The van der Waals surface area contributed by atoms with Crippen LogP contribution in [0.15, 0.2) is 47.1 Å². The molecule has 0 aromatic heterocycles. The Morgan fingerprint density at radius 1 is 1.05 bits per heavy atom. The number of aliphatic hydroxyl groups is 1. The van der Waals surface area contributed by atoms with E-state index in [-0.39, 0.29) is 29.6 Å². The van der Waals surface area contributed by atoms with Crippen molar-refractivity contribution in [2.24, 2.45) is 33.7 Å². The number of carboxylic acid groups (broad SMARTS) is 1. The molecule has 8 nitrogen and oxygen atoms in total. The van der Waals surface area contributed by atoms with Crippen LogP contribution in [0.5, 0.6) is 0 Å². The lowest BCUT2D eigenvalue weighted by Gasteiger charge is -2.59. The molecule has 0 radical (unpaired) electrons. The van der Waals surface area contributed by atoms with Crippen molar-refractivity contribution < 1.29 is 29.4 Å². The molecule has 0 saturated heterocycles. The third-order valence-corrected chi connectivity index (χ3v) is 11.0. The zero-order valence-corrected chi connectivity index (χ0v) is 23.8. The zero-order chi connectivity index (χ0) is 28.7. The quantitative estimate of drug-likeness (QED) is 0.411. The van der Waals surface area contributed by atoms with Crippen molar-refractivity contribution in [2.45, 2.75) is 90.2 Å². The number of carbonyl (C=O) groups is 3. The van der Waals surface area contributed by atoms with Gasteiger partial charge in [-0.2, -0.15) is 0 Å². The van der Waals surface area contributed by atoms with Crippen LogP contribution < -0.4 is 5.32 Å². The summed E-state index contributed by atoms with van der Waals surface area (Å²) in [7, 11) is 0. The van der Waals surface area contributed by atoms with Crippen molar-refractivity contribution in [2.75, 3.05) is 6.61 Å². The van der Waals surface area contributed by atoms with Gasteiger partial charge >= 0.3 is 5.97 Å². The number of benzene rings is 1. The van der Waals surface area contributed by atoms with E-state index < -0.39 is 23.5 Å². The Morgan fingerprint density at radius 3 is 2.48 bits per heavy atom. The molecule has 0 heterocycles. The molecule has 4 unspecified atom stereocenters. The van der Waals surface area contributed by atoms with E-state index in [9.17, 15) is 24.6 Å². The summed E-state index contributed by atoms with van der Waals surface area (Å²) in [6, 6.07) is 8.14. The average Bonchev–Trinajstić information content (AvgIpc) is 3.20. The number of aliphatic carboxylic acids is 1. The van der Waals surface area contributed by atoms with Crippen LogP contribution in [-0.2, 0) is 25.6 Å². The zero-order valence-electron chi connectivity index (χ0n) is 23.8. The van der Waals surface area contributed by atoms with Crippen LogP contribution in [0.4, 0.5) is 0 Å². The van der Waals surface area contributed by atoms with E-state index in [0.717, 1.165) is 56.2 Å². The number of nitrogens with one attached hydrogen (secondary N) is 1. The fourth-order valence-electron chi connectivity index (χ4n) is 8.70. The maximum absolute atomic E-state index is 12.5. The Labute approximate surface area is 236 Å². The van der Waals surface area contributed by atoms with Gasteiger partial charge in [0.2, 0.25) is 0 Å². The van der Waals surface area contributed by atoms with Crippen LogP contribution >= 0.6 is 0 Å². The predicted molar refractivity (Wildman–Crippen MR) is 150 cm³/mol. The van der Waals surface area contributed by atoms with Crippen LogP contribution in [0, 0.1) is 28.6 Å². The largest absolute Gasteiger partial charge is 0.480 e. The Hall–Kier alpha value is -3.00. The third-order valence-electron chi connectivity index (χ3n) is 11.0. The first kappa shape index (κ1) is 28.5. The number of oxime groups is 1. The van der Waals surface area contributed by atoms with E-state index in [1.807, 2.05) is 30.3 Å². The average molecular weight is 551 g/mol. The fraction of sp³-hybridized carbons (Fsp3) is 0.625. The van der Waals surface area contributed by atoms with Crippen LogP contribution in [-0.4, -0.2) is 51.8 Å². The van der Waals surface area contributed by atoms with Gasteiger partial charge in [-0.05, 0) is 93.1 Å². The van der Waals surface area contributed by atoms with Gasteiger partial charge in [0, 0.05) is 11.8 Å². The highest BCUT2D eigenvalue weighted by Crippen LogP contribution is 2.67. The van der Waals surface area contributed by atoms with Crippen LogP contribution in [0.1, 0.15) is 77.7 Å². The fourth-order valence-corrected chi connectivity index (χ4v) is 8.70. The Balaban J connectivity index is 1.20. The minimum atomic E-state index is -1.19. The molecule has 3 N–H and O–H groups in total. The van der Waals surface area contributed by atoms with Gasteiger partial charge in [0.15, 0.2) is 12.4 Å². The van der Waals surface area contributed by atoms with Crippen LogP contribution in [0.3, 0.4) is 0 Å². The molecule has 0 spiro atoms. The van der Waals surface area contributed by atoms with Crippen molar-refractivity contribution in [3.05, 3.63) is 47.5 Å². The molecule has 1 aromatic rings. The standard InChI is InChI=1S/C32H42N2O6/c1-20(35)32(39)16-13-26-24-10-9-22-18-23(11-14-30(22,2)25(24)12-15-31(26,32)3)34-40-19-28(36)33-27(29(37)38)17-21-7-5-4-6-8-21/h4-8,18,24-27,39H,9-17,19H2,1-3H3,(H,33,36)(H,37,38)/b34-23-/t24?,25?,26?,27?,30-,31-,32-/m0/s1. The topological polar surface area (TPSA) is 125 Å². The number of hydrogen-bond acceptors (Lipinski definition) is 6. The third kappa shape index (κ3) is 4.89. The number of ketones is 1. The first-order chi connectivity index (χ1) is 19.0. The number of hydrogen-bond donors (Lipinski definition) is 3. The summed E-state index contributed by atoms with van der Waals surface area (Å²) in [6.07, 6.45) is 9.42. The predicted octanol–water partition coefficient (Wildman–Crippen LogP) is 4.45. The summed E-state index contributed by atoms with van der Waals surface area (Å²) in [5.41, 5.74) is 1.54. The first-order valence-electron chi connectivity index (χ1n) is 14.7. The minimum absolute atomic E-state index is 0.0592. The summed E-state index contributed by atoms with van der Waals surface area (Å²) in [4.78, 5) is 41.9. The summed E-state index contributed by atoms with van der Waals surface area (Å²) < 4.78 is 0. The molecule has 0 bridgehead atoms. The van der Waals surface area contributed by atoms with E-state index in [2.05, 4.69) is 30.4 Å². The van der Waals surface area contributed by atoms with Crippen LogP contribution in [0.25, 0.3) is 0 Å². The van der Waals surface area contributed by atoms with E-state index in [1.54, 1.807) is 6.92 Å². The maximum Gasteiger partial charge on any atom is 0.326 e. The molecule has 1 aromatic carbocycles. The van der Waals surface area contributed by atoms with Crippen molar-refractivity contribution in [1.82, 2.24) is 5.32 Å². The number of Topliss-reactive ketones (excluding diaryl/α,β-unsaturated/α-hetero) is 1. The molecule has 1 amide bonds. The molecule has 4 aliphatic carbocycles. The number of fused-ring (bicyclic) bond motifs is 5. The Morgan fingerprint density at radius 2 is 1.77 bits per heavy atom. The van der Waals surface area contributed by atoms with Crippen molar-refractivity contribution in [3.63, 3.8) is 0 Å². The van der Waals surface area contributed by atoms with Gasteiger partial charge in [0.1, 0.15) is 11.6 Å². The Kier molecular flexibility index (Phi) is 7.68. The molecule has 216 valence electrons. The lowest BCUT2D eigenvalue weighted by atomic mass is 9.46. The molecular formula is C32H42N2O6. The minimum Gasteiger partial charge on any atom is -0.480 e. The number of rotatable bonds is 8. The van der Waals surface area contributed by atoms with Gasteiger partial charge < -0.3 is 20.4 Å². The molecule has 3 saturated carbocycles. The number of carboxylic acids is 1. The van der Waals surface area contributed by atoms with E-state index in [4.69, 9.17) is 4.84 Å². The highest BCUT2D eigenvalue weighted by atomic mass is 16.6. The van der Waals surface area contributed by atoms with Gasteiger partial charge in [0.25, 0.3) is 5.91 Å². The molecule has 4 aliphatic rings.